The van der Waals surface area contributed by atoms with Crippen LogP contribution in [-0.4, -0.2) is 42.4 Å². The van der Waals surface area contributed by atoms with Crippen molar-refractivity contribution in [1.82, 2.24) is 4.90 Å². The van der Waals surface area contributed by atoms with Gasteiger partial charge in [0.15, 0.2) is 0 Å². The van der Waals surface area contributed by atoms with Crippen LogP contribution in [0.1, 0.15) is 36.9 Å². The molecule has 1 rings (SSSR count). The molecule has 0 radical (unpaired) electrons. The van der Waals surface area contributed by atoms with Gasteiger partial charge in [-0.05, 0) is 37.9 Å². The number of aliphatic hydroxyl groups excluding tert-OH is 1. The Morgan fingerprint density at radius 1 is 1.30 bits per heavy atom. The molecule has 3 nitrogen and oxygen atoms in total. The summed E-state index contributed by atoms with van der Waals surface area (Å²) in [5.41, 5.74) is 0. The van der Waals surface area contributed by atoms with Crippen molar-refractivity contribution in [2.75, 3.05) is 26.3 Å². The maximum atomic E-state index is 10.1. The second-order valence-electron chi connectivity index (χ2n) is 5.83. The molecule has 1 unspecified atom stereocenters. The van der Waals surface area contributed by atoms with Gasteiger partial charge in [-0.25, -0.2) is 0 Å². The lowest BCUT2D eigenvalue weighted by Crippen LogP contribution is -2.35. The monoisotopic (exact) mass is 299 g/mol. The van der Waals surface area contributed by atoms with Crippen molar-refractivity contribution >= 4 is 11.3 Å². The Morgan fingerprint density at radius 3 is 2.60 bits per heavy atom. The third-order valence-corrected chi connectivity index (χ3v) is 3.93. The zero-order valence-electron chi connectivity index (χ0n) is 13.3. The third kappa shape index (κ3) is 7.39. The zero-order chi connectivity index (χ0) is 15.0. The largest absolute Gasteiger partial charge is 0.389 e. The molecule has 4 heteroatoms. The van der Waals surface area contributed by atoms with Gasteiger partial charge in [-0.1, -0.05) is 20.8 Å². The lowest BCUT2D eigenvalue weighted by atomic mass is 10.2. The van der Waals surface area contributed by atoms with Gasteiger partial charge >= 0.3 is 0 Å². The smallest absolute Gasteiger partial charge is 0.0900 e. The molecule has 116 valence electrons. The summed E-state index contributed by atoms with van der Waals surface area (Å²) in [6.45, 7) is 12.3. The summed E-state index contributed by atoms with van der Waals surface area (Å²) in [7, 11) is 0. The summed E-state index contributed by atoms with van der Waals surface area (Å²) < 4.78 is 5.52. The molecule has 0 saturated carbocycles. The van der Waals surface area contributed by atoms with Crippen LogP contribution in [0.25, 0.3) is 0 Å². The topological polar surface area (TPSA) is 32.7 Å². The summed E-state index contributed by atoms with van der Waals surface area (Å²) in [6.07, 6.45) is 0.700. The highest BCUT2D eigenvalue weighted by Crippen LogP contribution is 2.17. The van der Waals surface area contributed by atoms with Gasteiger partial charge in [-0.3, -0.25) is 4.90 Å². The van der Waals surface area contributed by atoms with Gasteiger partial charge in [-0.15, -0.1) is 11.3 Å². The normalized spacial score (nSPS) is 13.3. The van der Waals surface area contributed by atoms with Gasteiger partial charge in [-0.2, -0.15) is 0 Å². The number of thiophene rings is 1. The van der Waals surface area contributed by atoms with Crippen LogP contribution in [0.3, 0.4) is 0 Å². The van der Waals surface area contributed by atoms with E-state index in [0.717, 1.165) is 26.1 Å². The standard InChI is InChI=1S/C16H29NO2S/c1-5-8-17(10-16-7-6-14(4)20-16)9-15(18)12-19-11-13(2)3/h6-7,13,15,18H,5,8-12H2,1-4H3. The highest BCUT2D eigenvalue weighted by molar-refractivity contribution is 7.11. The Hall–Kier alpha value is -0.420. The predicted octanol–water partition coefficient (Wildman–Crippen LogP) is 3.30. The Kier molecular flexibility index (Phi) is 8.38. The van der Waals surface area contributed by atoms with Crippen LogP contribution < -0.4 is 0 Å². The zero-order valence-corrected chi connectivity index (χ0v) is 14.1. The van der Waals surface area contributed by atoms with E-state index in [1.165, 1.54) is 9.75 Å². The van der Waals surface area contributed by atoms with Crippen molar-refractivity contribution in [3.8, 4) is 0 Å². The number of hydrogen-bond donors (Lipinski definition) is 1. The number of rotatable bonds is 10. The van der Waals surface area contributed by atoms with Crippen molar-refractivity contribution in [1.29, 1.82) is 0 Å². The molecule has 0 spiro atoms. The van der Waals surface area contributed by atoms with Crippen LogP contribution in [0.15, 0.2) is 12.1 Å². The van der Waals surface area contributed by atoms with E-state index in [4.69, 9.17) is 4.74 Å². The molecule has 0 aliphatic rings. The number of aliphatic hydroxyl groups is 1. The number of hydrogen-bond acceptors (Lipinski definition) is 4. The van der Waals surface area contributed by atoms with E-state index in [1.54, 1.807) is 0 Å². The van der Waals surface area contributed by atoms with E-state index in [2.05, 4.69) is 44.7 Å². The van der Waals surface area contributed by atoms with E-state index in [-0.39, 0.29) is 0 Å². The van der Waals surface area contributed by atoms with Crippen LogP contribution in [0.4, 0.5) is 0 Å². The van der Waals surface area contributed by atoms with Crippen LogP contribution >= 0.6 is 11.3 Å². The van der Waals surface area contributed by atoms with E-state index in [9.17, 15) is 5.11 Å². The van der Waals surface area contributed by atoms with Crippen molar-refractivity contribution in [2.45, 2.75) is 46.8 Å². The fourth-order valence-electron chi connectivity index (χ4n) is 2.13. The molecule has 20 heavy (non-hydrogen) atoms. The summed E-state index contributed by atoms with van der Waals surface area (Å²) in [6, 6.07) is 4.34. The third-order valence-electron chi connectivity index (χ3n) is 2.95. The van der Waals surface area contributed by atoms with Crippen LogP contribution in [0, 0.1) is 12.8 Å². The lowest BCUT2D eigenvalue weighted by molar-refractivity contribution is 0.00706. The van der Waals surface area contributed by atoms with Crippen molar-refractivity contribution < 1.29 is 9.84 Å². The molecule has 0 saturated heterocycles. The molecule has 0 amide bonds. The first kappa shape index (κ1) is 17.6. The molecule has 0 aromatic carbocycles. The minimum atomic E-state index is -0.402. The average molecular weight is 299 g/mol. The predicted molar refractivity (Wildman–Crippen MR) is 86.3 cm³/mol. The summed E-state index contributed by atoms with van der Waals surface area (Å²) in [5, 5.41) is 10.1. The second-order valence-corrected chi connectivity index (χ2v) is 7.21. The van der Waals surface area contributed by atoms with Gasteiger partial charge in [0.05, 0.1) is 12.7 Å². The Labute approximate surface area is 127 Å². The Balaban J connectivity index is 2.37. The van der Waals surface area contributed by atoms with Gasteiger partial charge in [0.1, 0.15) is 0 Å². The molecule has 1 aromatic heterocycles. The van der Waals surface area contributed by atoms with E-state index in [1.807, 2.05) is 11.3 Å². The van der Waals surface area contributed by atoms with Gasteiger partial charge in [0, 0.05) is 29.5 Å². The second kappa shape index (κ2) is 9.50. The molecule has 0 aliphatic carbocycles. The SMILES string of the molecule is CCCN(Cc1ccc(C)s1)CC(O)COCC(C)C. The van der Waals surface area contributed by atoms with Crippen LogP contribution in [0.5, 0.6) is 0 Å². The molecule has 1 aromatic rings. The fourth-order valence-corrected chi connectivity index (χ4v) is 3.06. The Morgan fingerprint density at radius 2 is 2.05 bits per heavy atom. The van der Waals surface area contributed by atoms with Gasteiger partial charge in [0.25, 0.3) is 0 Å². The molecule has 0 bridgehead atoms. The molecular formula is C16H29NO2S. The molecular weight excluding hydrogens is 270 g/mol. The maximum absolute atomic E-state index is 10.1. The van der Waals surface area contributed by atoms with Crippen molar-refractivity contribution in [3.63, 3.8) is 0 Å². The highest BCUT2D eigenvalue weighted by atomic mass is 32.1. The molecule has 0 fully saturated rings. The van der Waals surface area contributed by atoms with E-state index >= 15 is 0 Å². The fraction of sp³-hybridized carbons (Fsp3) is 0.750. The number of nitrogens with zero attached hydrogens (tertiary/aromatic N) is 1. The maximum Gasteiger partial charge on any atom is 0.0900 e. The molecule has 0 aliphatic heterocycles. The first-order valence-electron chi connectivity index (χ1n) is 7.54. The van der Waals surface area contributed by atoms with E-state index in [0.29, 0.717) is 19.1 Å². The summed E-state index contributed by atoms with van der Waals surface area (Å²) >= 11 is 1.84. The summed E-state index contributed by atoms with van der Waals surface area (Å²) in [4.78, 5) is 5.03. The molecule has 1 N–H and O–H groups in total. The van der Waals surface area contributed by atoms with Crippen LogP contribution in [0.2, 0.25) is 0 Å². The van der Waals surface area contributed by atoms with Crippen molar-refractivity contribution in [2.24, 2.45) is 5.92 Å². The first-order chi connectivity index (χ1) is 9.51. The quantitative estimate of drug-likeness (QED) is 0.719. The lowest BCUT2D eigenvalue weighted by Gasteiger charge is -2.24. The van der Waals surface area contributed by atoms with Gasteiger partial charge in [0.2, 0.25) is 0 Å². The molecule has 1 atom stereocenters. The van der Waals surface area contributed by atoms with E-state index < -0.39 is 6.10 Å². The van der Waals surface area contributed by atoms with Gasteiger partial charge < -0.3 is 9.84 Å². The number of aryl methyl sites for hydroxylation is 1. The van der Waals surface area contributed by atoms with Crippen molar-refractivity contribution in [3.05, 3.63) is 21.9 Å². The number of ether oxygens (including phenoxy) is 1. The Bertz CT molecular complexity index is 365. The molecule has 1 heterocycles. The van der Waals surface area contributed by atoms with Crippen LogP contribution in [-0.2, 0) is 11.3 Å². The minimum absolute atomic E-state index is 0.402. The summed E-state index contributed by atoms with van der Waals surface area (Å²) in [5.74, 6) is 0.517. The average Bonchev–Trinajstić information content (AvgIpc) is 2.74. The highest BCUT2D eigenvalue weighted by Gasteiger charge is 2.13. The minimum Gasteiger partial charge on any atom is -0.389 e. The first-order valence-corrected chi connectivity index (χ1v) is 8.36.